The van der Waals surface area contributed by atoms with Gasteiger partial charge in [-0.3, -0.25) is 4.79 Å². The van der Waals surface area contributed by atoms with Crippen LogP contribution < -0.4 is 10.6 Å². The molecule has 1 amide bonds. The molecule has 0 bridgehead atoms. The summed E-state index contributed by atoms with van der Waals surface area (Å²) in [5.41, 5.74) is 0. The van der Waals surface area contributed by atoms with Crippen LogP contribution in [-0.4, -0.2) is 31.2 Å². The molecule has 3 nitrogen and oxygen atoms in total. The highest BCUT2D eigenvalue weighted by Gasteiger charge is 2.27. The molecule has 1 rings (SSSR count). The van der Waals surface area contributed by atoms with E-state index in [0.29, 0.717) is 5.92 Å². The maximum atomic E-state index is 11.8. The summed E-state index contributed by atoms with van der Waals surface area (Å²) in [6.45, 7) is 0.506. The number of carbonyl (C=O) groups is 1. The lowest BCUT2D eigenvalue weighted by molar-refractivity contribution is -0.128. The van der Waals surface area contributed by atoms with E-state index in [2.05, 4.69) is 10.6 Å². The van der Waals surface area contributed by atoms with E-state index in [1.807, 2.05) is 6.92 Å². The number of carbonyl (C=O) groups excluding carboxylic acids is 1. The Kier molecular flexibility index (Phi) is 5.24. The zero-order valence-electron chi connectivity index (χ0n) is 9.94. The minimum atomic E-state index is -4.27. The first kappa shape index (κ1) is 14.3. The van der Waals surface area contributed by atoms with Gasteiger partial charge in [0.05, 0.1) is 13.1 Å². The third-order valence-electron chi connectivity index (χ3n) is 3.11. The molecule has 1 atom stereocenters. The third kappa shape index (κ3) is 5.91. The summed E-state index contributed by atoms with van der Waals surface area (Å²) in [5.74, 6) is 0.107. The van der Waals surface area contributed by atoms with Crippen molar-refractivity contribution in [3.63, 3.8) is 0 Å². The van der Waals surface area contributed by atoms with E-state index in [-0.39, 0.29) is 18.5 Å². The molecule has 0 aliphatic heterocycles. The van der Waals surface area contributed by atoms with Crippen molar-refractivity contribution < 1.29 is 18.0 Å². The van der Waals surface area contributed by atoms with Gasteiger partial charge in [-0.05, 0) is 25.7 Å². The largest absolute Gasteiger partial charge is 0.401 e. The fourth-order valence-electron chi connectivity index (χ4n) is 2.20. The van der Waals surface area contributed by atoms with Gasteiger partial charge >= 0.3 is 6.18 Å². The normalized spacial score (nSPS) is 19.3. The Morgan fingerprint density at radius 3 is 2.47 bits per heavy atom. The Balaban J connectivity index is 2.15. The summed E-state index contributed by atoms with van der Waals surface area (Å²) < 4.78 is 35.5. The summed E-state index contributed by atoms with van der Waals surface area (Å²) in [6, 6.07) is 0.0534. The second-order valence-corrected chi connectivity index (χ2v) is 4.62. The van der Waals surface area contributed by atoms with Gasteiger partial charge in [-0.25, -0.2) is 0 Å². The molecular weight excluding hydrogens is 233 g/mol. The predicted octanol–water partition coefficient (Wildman–Crippen LogP) is 1.83. The highest BCUT2D eigenvalue weighted by atomic mass is 19.4. The maximum Gasteiger partial charge on any atom is 0.401 e. The van der Waals surface area contributed by atoms with E-state index >= 15 is 0 Å². The van der Waals surface area contributed by atoms with Crippen molar-refractivity contribution in [2.24, 2.45) is 5.92 Å². The van der Waals surface area contributed by atoms with Gasteiger partial charge in [0, 0.05) is 6.04 Å². The lowest BCUT2D eigenvalue weighted by atomic mass is 10.00. The number of nitrogens with one attached hydrogen (secondary N) is 2. The second kappa shape index (κ2) is 6.23. The van der Waals surface area contributed by atoms with Gasteiger partial charge in [-0.15, -0.1) is 0 Å². The monoisotopic (exact) mass is 252 g/mol. The van der Waals surface area contributed by atoms with Gasteiger partial charge in [0.25, 0.3) is 0 Å². The van der Waals surface area contributed by atoms with Gasteiger partial charge in [-0.1, -0.05) is 12.8 Å². The number of hydrogen-bond acceptors (Lipinski definition) is 2. The fraction of sp³-hybridized carbons (Fsp3) is 0.909. The third-order valence-corrected chi connectivity index (χ3v) is 3.11. The lowest BCUT2D eigenvalue weighted by Gasteiger charge is -2.20. The molecule has 6 heteroatoms. The summed E-state index contributed by atoms with van der Waals surface area (Å²) >= 11 is 0. The number of alkyl halides is 3. The van der Waals surface area contributed by atoms with E-state index in [9.17, 15) is 18.0 Å². The Hall–Kier alpha value is -0.780. The van der Waals surface area contributed by atoms with Gasteiger partial charge < -0.3 is 10.6 Å². The summed E-state index contributed by atoms with van der Waals surface area (Å²) in [4.78, 5) is 11.4. The molecule has 0 radical (unpaired) electrons. The van der Waals surface area contributed by atoms with E-state index < -0.39 is 12.7 Å². The van der Waals surface area contributed by atoms with Gasteiger partial charge in [0.15, 0.2) is 0 Å². The molecule has 0 aromatic carbocycles. The minimum Gasteiger partial charge on any atom is -0.352 e. The van der Waals surface area contributed by atoms with Gasteiger partial charge in [-0.2, -0.15) is 13.2 Å². The lowest BCUT2D eigenvalue weighted by Crippen LogP contribution is -2.43. The average molecular weight is 252 g/mol. The molecule has 0 heterocycles. The van der Waals surface area contributed by atoms with Crippen LogP contribution in [0.4, 0.5) is 13.2 Å². The van der Waals surface area contributed by atoms with Crippen LogP contribution in [-0.2, 0) is 4.79 Å². The zero-order valence-corrected chi connectivity index (χ0v) is 9.94. The number of rotatable bonds is 5. The molecule has 0 aromatic rings. The Labute approximate surface area is 99.1 Å². The van der Waals surface area contributed by atoms with Crippen LogP contribution in [0, 0.1) is 5.92 Å². The molecule has 1 aliphatic rings. The van der Waals surface area contributed by atoms with Gasteiger partial charge in [0.2, 0.25) is 5.91 Å². The first-order valence-electron chi connectivity index (χ1n) is 5.95. The van der Waals surface area contributed by atoms with Crippen LogP contribution in [0.5, 0.6) is 0 Å². The van der Waals surface area contributed by atoms with Crippen molar-refractivity contribution in [1.29, 1.82) is 0 Å². The second-order valence-electron chi connectivity index (χ2n) is 4.62. The summed E-state index contributed by atoms with van der Waals surface area (Å²) in [7, 11) is 0. The van der Waals surface area contributed by atoms with Crippen molar-refractivity contribution in [2.45, 2.75) is 44.8 Å². The predicted molar refractivity (Wildman–Crippen MR) is 58.5 cm³/mol. The summed E-state index contributed by atoms with van der Waals surface area (Å²) in [5, 5.41) is 4.82. The first-order valence-corrected chi connectivity index (χ1v) is 5.95. The molecule has 0 saturated heterocycles. The van der Waals surface area contributed by atoms with Crippen LogP contribution in [0.25, 0.3) is 0 Å². The molecule has 0 aromatic heterocycles. The van der Waals surface area contributed by atoms with Crippen LogP contribution >= 0.6 is 0 Å². The first-order chi connectivity index (χ1) is 7.88. The highest BCUT2D eigenvalue weighted by Crippen LogP contribution is 2.27. The van der Waals surface area contributed by atoms with Crippen LogP contribution in [0.3, 0.4) is 0 Å². The van der Waals surface area contributed by atoms with E-state index in [0.717, 1.165) is 12.8 Å². The Morgan fingerprint density at radius 2 is 1.94 bits per heavy atom. The Morgan fingerprint density at radius 1 is 1.35 bits per heavy atom. The molecule has 17 heavy (non-hydrogen) atoms. The zero-order chi connectivity index (χ0) is 12.9. The Bertz CT molecular complexity index is 250. The summed E-state index contributed by atoms with van der Waals surface area (Å²) in [6.07, 6.45) is 0.278. The average Bonchev–Trinajstić information content (AvgIpc) is 2.67. The molecule has 0 unspecified atom stereocenters. The van der Waals surface area contributed by atoms with E-state index in [1.54, 1.807) is 0 Å². The molecule has 100 valence electrons. The van der Waals surface area contributed by atoms with Crippen molar-refractivity contribution in [1.82, 2.24) is 10.6 Å². The van der Waals surface area contributed by atoms with E-state index in [1.165, 1.54) is 12.8 Å². The SMILES string of the molecule is C[C@H](NC(=O)CNCC(F)(F)F)C1CCCC1. The van der Waals surface area contributed by atoms with Crippen LogP contribution in [0.15, 0.2) is 0 Å². The van der Waals surface area contributed by atoms with Crippen molar-refractivity contribution >= 4 is 5.91 Å². The van der Waals surface area contributed by atoms with Crippen molar-refractivity contribution in [3.05, 3.63) is 0 Å². The van der Waals surface area contributed by atoms with Crippen LogP contribution in [0.2, 0.25) is 0 Å². The minimum absolute atomic E-state index is 0.0534. The van der Waals surface area contributed by atoms with Crippen molar-refractivity contribution in [2.75, 3.05) is 13.1 Å². The maximum absolute atomic E-state index is 11.8. The smallest absolute Gasteiger partial charge is 0.352 e. The van der Waals surface area contributed by atoms with E-state index in [4.69, 9.17) is 0 Å². The molecule has 2 N–H and O–H groups in total. The molecule has 1 aliphatic carbocycles. The highest BCUT2D eigenvalue weighted by molar-refractivity contribution is 5.78. The topological polar surface area (TPSA) is 41.1 Å². The quantitative estimate of drug-likeness (QED) is 0.783. The molecular formula is C11H19F3N2O. The molecule has 1 saturated carbocycles. The molecule has 1 fully saturated rings. The number of halogens is 3. The van der Waals surface area contributed by atoms with Crippen LogP contribution in [0.1, 0.15) is 32.6 Å². The van der Waals surface area contributed by atoms with Crippen molar-refractivity contribution in [3.8, 4) is 0 Å². The fourth-order valence-corrected chi connectivity index (χ4v) is 2.20. The number of amides is 1. The molecule has 0 spiro atoms. The standard InChI is InChI=1S/C11H19F3N2O/c1-8(9-4-2-3-5-9)16-10(17)6-15-7-11(12,13)14/h8-9,15H,2-7H2,1H3,(H,16,17)/t8-/m0/s1. The van der Waals surface area contributed by atoms with Gasteiger partial charge in [0.1, 0.15) is 0 Å². The number of hydrogen-bond donors (Lipinski definition) is 2.